The molecule has 2 aromatic heterocycles. The Kier molecular flexibility index (Phi) is 5.68. The molecule has 0 saturated carbocycles. The molecule has 0 aliphatic carbocycles. The summed E-state index contributed by atoms with van der Waals surface area (Å²) >= 11 is 0. The molecule has 2 heterocycles. The second kappa shape index (κ2) is 8.58. The molecule has 1 N–H and O–H groups in total. The quantitative estimate of drug-likeness (QED) is 0.471. The number of rotatable bonds is 6. The molecule has 164 valence electrons. The fourth-order valence-corrected chi connectivity index (χ4v) is 3.61. The van der Waals surface area contributed by atoms with Gasteiger partial charge in [-0.2, -0.15) is 0 Å². The van der Waals surface area contributed by atoms with Gasteiger partial charge in [-0.15, -0.1) is 0 Å². The van der Waals surface area contributed by atoms with Gasteiger partial charge in [0.2, 0.25) is 11.7 Å². The van der Waals surface area contributed by atoms with E-state index in [0.29, 0.717) is 28.6 Å². The fourth-order valence-electron chi connectivity index (χ4n) is 3.61. The van der Waals surface area contributed by atoms with Gasteiger partial charge in [-0.25, -0.2) is 9.37 Å². The van der Waals surface area contributed by atoms with E-state index in [0.717, 1.165) is 22.4 Å². The van der Waals surface area contributed by atoms with Crippen LogP contribution in [0.5, 0.6) is 17.2 Å². The average molecular weight is 435 g/mol. The minimum absolute atomic E-state index is 0.222. The number of benzene rings is 2. The van der Waals surface area contributed by atoms with Crippen molar-refractivity contribution in [3.05, 3.63) is 60.7 Å². The van der Waals surface area contributed by atoms with Gasteiger partial charge in [-0.05, 0) is 48.0 Å². The van der Waals surface area contributed by atoms with Gasteiger partial charge >= 0.3 is 0 Å². The second-order valence-electron chi connectivity index (χ2n) is 7.08. The van der Waals surface area contributed by atoms with Gasteiger partial charge in [0.1, 0.15) is 5.82 Å². The fraction of sp³-hybridized carbons (Fsp3) is 0.167. The number of fused-ring (bicyclic) bond motifs is 1. The molecule has 32 heavy (non-hydrogen) atoms. The zero-order valence-corrected chi connectivity index (χ0v) is 18.1. The largest absolute Gasteiger partial charge is 0.493 e. The molecule has 0 radical (unpaired) electrons. The van der Waals surface area contributed by atoms with Crippen molar-refractivity contribution < 1.29 is 23.4 Å². The van der Waals surface area contributed by atoms with Crippen LogP contribution in [-0.2, 0) is 4.79 Å². The third kappa shape index (κ3) is 3.82. The van der Waals surface area contributed by atoms with Crippen LogP contribution in [0.15, 0.2) is 54.9 Å². The van der Waals surface area contributed by atoms with Gasteiger partial charge < -0.3 is 19.5 Å². The predicted molar refractivity (Wildman–Crippen MR) is 120 cm³/mol. The van der Waals surface area contributed by atoms with Crippen molar-refractivity contribution in [3.63, 3.8) is 0 Å². The van der Waals surface area contributed by atoms with Gasteiger partial charge in [-0.3, -0.25) is 9.20 Å². The zero-order chi connectivity index (χ0) is 22.8. The number of imidazole rings is 1. The molecule has 0 spiro atoms. The van der Waals surface area contributed by atoms with E-state index in [1.54, 1.807) is 39.7 Å². The number of nitrogens with zero attached hydrogens (tertiary/aromatic N) is 2. The summed E-state index contributed by atoms with van der Waals surface area (Å²) in [5.74, 6) is 0.955. The Morgan fingerprint density at radius 1 is 0.938 bits per heavy atom. The zero-order valence-electron chi connectivity index (χ0n) is 18.1. The second-order valence-corrected chi connectivity index (χ2v) is 7.08. The maximum absolute atomic E-state index is 13.4. The van der Waals surface area contributed by atoms with Crippen molar-refractivity contribution in [2.24, 2.45) is 0 Å². The number of hydrogen-bond acceptors (Lipinski definition) is 5. The van der Waals surface area contributed by atoms with Gasteiger partial charge in [0.15, 0.2) is 17.1 Å². The van der Waals surface area contributed by atoms with Crippen LogP contribution in [-0.4, -0.2) is 36.6 Å². The number of methoxy groups -OCH3 is 3. The molecule has 0 unspecified atom stereocenters. The van der Waals surface area contributed by atoms with E-state index in [2.05, 4.69) is 10.3 Å². The Labute approximate surface area is 184 Å². The number of hydrogen-bond donors (Lipinski definition) is 1. The van der Waals surface area contributed by atoms with Crippen LogP contribution < -0.4 is 19.5 Å². The van der Waals surface area contributed by atoms with Crippen molar-refractivity contribution in [1.82, 2.24) is 9.38 Å². The molecule has 2 aromatic carbocycles. The minimum atomic E-state index is -0.320. The molecular weight excluding hydrogens is 413 g/mol. The lowest BCUT2D eigenvalue weighted by Gasteiger charge is -2.15. The van der Waals surface area contributed by atoms with Crippen LogP contribution >= 0.6 is 0 Å². The summed E-state index contributed by atoms with van der Waals surface area (Å²) in [4.78, 5) is 16.3. The van der Waals surface area contributed by atoms with Crippen LogP contribution in [0.2, 0.25) is 0 Å². The maximum atomic E-state index is 13.4. The van der Waals surface area contributed by atoms with E-state index in [1.807, 2.05) is 28.8 Å². The first-order valence-electron chi connectivity index (χ1n) is 9.80. The molecule has 1 amide bonds. The summed E-state index contributed by atoms with van der Waals surface area (Å²) in [5.41, 5.74) is 4.21. The number of carbonyl (C=O) groups excluding carboxylic acids is 1. The van der Waals surface area contributed by atoms with Crippen molar-refractivity contribution in [2.45, 2.75) is 6.92 Å². The lowest BCUT2D eigenvalue weighted by molar-refractivity contribution is -0.114. The number of amides is 1. The number of ether oxygens (including phenoxy) is 3. The summed E-state index contributed by atoms with van der Waals surface area (Å²) in [5, 5.41) is 2.84. The van der Waals surface area contributed by atoms with Gasteiger partial charge in [0.25, 0.3) is 0 Å². The first-order chi connectivity index (χ1) is 15.4. The van der Waals surface area contributed by atoms with Crippen molar-refractivity contribution >= 4 is 17.2 Å². The first-order valence-corrected chi connectivity index (χ1v) is 9.80. The molecule has 0 fully saturated rings. The molecule has 0 bridgehead atoms. The minimum Gasteiger partial charge on any atom is -0.493 e. The summed E-state index contributed by atoms with van der Waals surface area (Å²) in [7, 11) is 4.65. The van der Waals surface area contributed by atoms with E-state index in [1.165, 1.54) is 19.1 Å². The average Bonchev–Trinajstić information content (AvgIpc) is 3.22. The van der Waals surface area contributed by atoms with Crippen LogP contribution in [0.1, 0.15) is 6.92 Å². The highest BCUT2D eigenvalue weighted by molar-refractivity contribution is 5.94. The molecule has 4 aromatic rings. The van der Waals surface area contributed by atoms with E-state index in [-0.39, 0.29) is 11.7 Å². The van der Waals surface area contributed by atoms with Crippen LogP contribution in [0.4, 0.5) is 10.1 Å². The van der Waals surface area contributed by atoms with Crippen LogP contribution in [0, 0.1) is 5.82 Å². The highest BCUT2D eigenvalue weighted by Gasteiger charge is 2.17. The SMILES string of the molecule is COc1cc(-c2cc(NC(C)=O)c3ncc(-c4ccc(F)cc4)n3c2)cc(OC)c1OC. The van der Waals surface area contributed by atoms with Crippen LogP contribution in [0.25, 0.3) is 28.0 Å². The van der Waals surface area contributed by atoms with Gasteiger partial charge in [0.05, 0.1) is 38.9 Å². The van der Waals surface area contributed by atoms with E-state index < -0.39 is 0 Å². The third-order valence-electron chi connectivity index (χ3n) is 5.05. The Morgan fingerprint density at radius 3 is 2.16 bits per heavy atom. The summed E-state index contributed by atoms with van der Waals surface area (Å²) in [6, 6.07) is 11.6. The first kappa shape index (κ1) is 21.2. The number of anilines is 1. The topological polar surface area (TPSA) is 74.1 Å². The molecule has 0 aliphatic rings. The van der Waals surface area contributed by atoms with Crippen LogP contribution in [0.3, 0.4) is 0 Å². The normalized spacial score (nSPS) is 10.8. The summed E-state index contributed by atoms with van der Waals surface area (Å²) < 4.78 is 31.7. The third-order valence-corrected chi connectivity index (χ3v) is 5.05. The number of pyridine rings is 1. The molecule has 8 heteroatoms. The number of aromatic nitrogens is 2. The van der Waals surface area contributed by atoms with Gasteiger partial charge in [0, 0.05) is 24.2 Å². The molecule has 4 rings (SSSR count). The Hall–Kier alpha value is -4.07. The Bertz CT molecular complexity index is 1270. The number of nitrogens with one attached hydrogen (secondary N) is 1. The highest BCUT2D eigenvalue weighted by Crippen LogP contribution is 2.42. The lowest BCUT2D eigenvalue weighted by atomic mass is 10.1. The predicted octanol–water partition coefficient (Wildman–Crippen LogP) is 4.79. The molecular formula is C24H22FN3O4. The Balaban J connectivity index is 1.97. The van der Waals surface area contributed by atoms with E-state index in [9.17, 15) is 9.18 Å². The number of carbonyl (C=O) groups is 1. The number of halogens is 1. The monoisotopic (exact) mass is 435 g/mol. The Morgan fingerprint density at radius 2 is 1.59 bits per heavy atom. The maximum Gasteiger partial charge on any atom is 0.221 e. The summed E-state index contributed by atoms with van der Waals surface area (Å²) in [6.07, 6.45) is 3.58. The standard InChI is InChI=1S/C24H22FN3O4/c1-14(29)27-19-9-17(16-10-21(30-2)23(32-4)22(11-16)31-3)13-28-20(12-26-24(19)28)15-5-7-18(25)8-6-15/h5-13H,1-4H3,(H,27,29). The van der Waals surface area contributed by atoms with Gasteiger partial charge in [-0.1, -0.05) is 0 Å². The lowest BCUT2D eigenvalue weighted by Crippen LogP contribution is -2.08. The summed E-state index contributed by atoms with van der Waals surface area (Å²) in [6.45, 7) is 1.44. The van der Waals surface area contributed by atoms with Crippen molar-refractivity contribution in [3.8, 4) is 39.6 Å². The molecule has 0 atom stereocenters. The smallest absolute Gasteiger partial charge is 0.221 e. The molecule has 7 nitrogen and oxygen atoms in total. The van der Waals surface area contributed by atoms with E-state index in [4.69, 9.17) is 14.2 Å². The molecule has 0 saturated heterocycles. The van der Waals surface area contributed by atoms with E-state index >= 15 is 0 Å². The van der Waals surface area contributed by atoms with Crippen molar-refractivity contribution in [2.75, 3.05) is 26.6 Å². The molecule has 0 aliphatic heterocycles. The van der Waals surface area contributed by atoms with Crippen molar-refractivity contribution in [1.29, 1.82) is 0 Å². The highest BCUT2D eigenvalue weighted by atomic mass is 19.1.